The minimum Gasteiger partial charge on any atom is -0.481 e. The Hall–Kier alpha value is -1.96. The number of hydrogen-bond donors (Lipinski definition) is 0. The molecule has 144 valence electrons. The van der Waals surface area contributed by atoms with Crippen LogP contribution in [0.5, 0.6) is 5.88 Å². The van der Waals surface area contributed by atoms with Crippen LogP contribution >= 0.6 is 0 Å². The molecule has 6 nitrogen and oxygen atoms in total. The largest absolute Gasteiger partial charge is 0.481 e. The molecule has 3 heterocycles. The number of benzene rings is 1. The Kier molecular flexibility index (Phi) is 4.70. The number of piperazine rings is 1. The molecule has 2 aliphatic rings. The van der Waals surface area contributed by atoms with Gasteiger partial charge in [0.25, 0.3) is 0 Å². The van der Waals surface area contributed by atoms with E-state index < -0.39 is 10.0 Å². The van der Waals surface area contributed by atoms with Gasteiger partial charge in [-0.15, -0.1) is 0 Å². The van der Waals surface area contributed by atoms with E-state index in [9.17, 15) is 8.42 Å². The minimum absolute atomic E-state index is 0.0761. The lowest BCUT2D eigenvalue weighted by atomic mass is 10.0. The SMILES string of the molecule is COc1ccc(-c2cc(C)c(C)cc2S(=O)(=O)N2CCN3CCC2C3)cn1. The fraction of sp³-hybridized carbons (Fsp3) is 0.450. The van der Waals surface area contributed by atoms with Crippen LogP contribution < -0.4 is 4.74 Å². The molecule has 0 aliphatic carbocycles. The molecule has 1 aromatic heterocycles. The second-order valence-electron chi connectivity index (χ2n) is 7.38. The molecule has 2 bridgehead atoms. The zero-order valence-corrected chi connectivity index (χ0v) is 16.8. The number of pyridine rings is 1. The first kappa shape index (κ1) is 18.4. The topological polar surface area (TPSA) is 62.7 Å². The lowest BCUT2D eigenvalue weighted by Gasteiger charge is -2.34. The summed E-state index contributed by atoms with van der Waals surface area (Å²) in [5.41, 5.74) is 3.52. The van der Waals surface area contributed by atoms with Gasteiger partial charge in [-0.25, -0.2) is 13.4 Å². The van der Waals surface area contributed by atoms with E-state index in [0.29, 0.717) is 22.9 Å². The van der Waals surface area contributed by atoms with Crippen molar-refractivity contribution < 1.29 is 13.2 Å². The third-order valence-electron chi connectivity index (χ3n) is 5.73. The van der Waals surface area contributed by atoms with E-state index in [4.69, 9.17) is 4.74 Å². The van der Waals surface area contributed by atoms with E-state index >= 15 is 0 Å². The molecule has 2 saturated heterocycles. The molecule has 0 radical (unpaired) electrons. The molecule has 2 atom stereocenters. The maximum Gasteiger partial charge on any atom is 0.244 e. The summed E-state index contributed by atoms with van der Waals surface area (Å²) in [5.74, 6) is 0.508. The number of sulfonamides is 1. The monoisotopic (exact) mass is 387 g/mol. The molecule has 2 fully saturated rings. The molecule has 4 rings (SSSR count). The third-order valence-corrected chi connectivity index (χ3v) is 7.72. The fourth-order valence-corrected chi connectivity index (χ4v) is 5.92. The maximum atomic E-state index is 13.6. The molecule has 0 N–H and O–H groups in total. The summed E-state index contributed by atoms with van der Waals surface area (Å²) in [6, 6.07) is 7.47. The Morgan fingerprint density at radius 1 is 1.11 bits per heavy atom. The Bertz CT molecular complexity index is 957. The van der Waals surface area contributed by atoms with Gasteiger partial charge in [-0.2, -0.15) is 4.31 Å². The first-order valence-electron chi connectivity index (χ1n) is 9.26. The Labute approximate surface area is 160 Å². The predicted octanol–water partition coefficient (Wildman–Crippen LogP) is 2.45. The molecule has 27 heavy (non-hydrogen) atoms. The summed E-state index contributed by atoms with van der Waals surface area (Å²) in [5, 5.41) is 0. The van der Waals surface area contributed by atoms with Gasteiger partial charge < -0.3 is 9.64 Å². The van der Waals surface area contributed by atoms with Crippen molar-refractivity contribution in [1.29, 1.82) is 0 Å². The van der Waals surface area contributed by atoms with Gasteiger partial charge in [0.15, 0.2) is 0 Å². The van der Waals surface area contributed by atoms with Crippen molar-refractivity contribution in [2.24, 2.45) is 0 Å². The van der Waals surface area contributed by atoms with Gasteiger partial charge in [0.1, 0.15) is 0 Å². The average Bonchev–Trinajstić information content (AvgIpc) is 3.03. The smallest absolute Gasteiger partial charge is 0.244 e. The fourth-order valence-electron chi connectivity index (χ4n) is 4.00. The van der Waals surface area contributed by atoms with Gasteiger partial charge in [0.05, 0.1) is 12.0 Å². The second kappa shape index (κ2) is 6.89. The van der Waals surface area contributed by atoms with Gasteiger partial charge in [0, 0.05) is 49.1 Å². The minimum atomic E-state index is -3.58. The number of fused-ring (bicyclic) bond motifs is 2. The van der Waals surface area contributed by atoms with Gasteiger partial charge in [-0.1, -0.05) is 0 Å². The molecular formula is C20H25N3O3S. The van der Waals surface area contributed by atoms with E-state index in [1.54, 1.807) is 23.7 Å². The van der Waals surface area contributed by atoms with Crippen LogP contribution in [0.25, 0.3) is 11.1 Å². The van der Waals surface area contributed by atoms with Crippen LogP contribution in [0.4, 0.5) is 0 Å². The van der Waals surface area contributed by atoms with Crippen LogP contribution in [0.3, 0.4) is 0 Å². The highest BCUT2D eigenvalue weighted by Crippen LogP contribution is 2.35. The highest BCUT2D eigenvalue weighted by molar-refractivity contribution is 7.89. The van der Waals surface area contributed by atoms with Gasteiger partial charge in [-0.3, -0.25) is 0 Å². The summed E-state index contributed by atoms with van der Waals surface area (Å²) < 4.78 is 34.1. The van der Waals surface area contributed by atoms with Crippen LogP contribution in [-0.4, -0.2) is 61.9 Å². The number of rotatable bonds is 4. The lowest BCUT2D eigenvalue weighted by Crippen LogP contribution is -2.49. The van der Waals surface area contributed by atoms with Gasteiger partial charge in [0.2, 0.25) is 15.9 Å². The van der Waals surface area contributed by atoms with E-state index in [1.807, 2.05) is 32.0 Å². The van der Waals surface area contributed by atoms with Gasteiger partial charge >= 0.3 is 0 Å². The molecule has 0 amide bonds. The predicted molar refractivity (Wildman–Crippen MR) is 104 cm³/mol. The molecule has 0 spiro atoms. The van der Waals surface area contributed by atoms with Crippen molar-refractivity contribution in [3.63, 3.8) is 0 Å². The Balaban J connectivity index is 1.82. The van der Waals surface area contributed by atoms with E-state index in [2.05, 4.69) is 9.88 Å². The summed E-state index contributed by atoms with van der Waals surface area (Å²) in [6.45, 7) is 7.14. The molecule has 7 heteroatoms. The summed E-state index contributed by atoms with van der Waals surface area (Å²) in [6.07, 6.45) is 2.58. The number of ether oxygens (including phenoxy) is 1. The highest BCUT2D eigenvalue weighted by atomic mass is 32.2. The molecule has 1 aromatic carbocycles. The van der Waals surface area contributed by atoms with E-state index in [1.165, 1.54) is 0 Å². The van der Waals surface area contributed by atoms with Crippen LogP contribution in [-0.2, 0) is 10.0 Å². The number of hydrogen-bond acceptors (Lipinski definition) is 5. The first-order chi connectivity index (χ1) is 12.9. The highest BCUT2D eigenvalue weighted by Gasteiger charge is 2.40. The molecule has 2 unspecified atom stereocenters. The summed E-state index contributed by atoms with van der Waals surface area (Å²) in [7, 11) is -2.02. The zero-order chi connectivity index (χ0) is 19.2. The van der Waals surface area contributed by atoms with Crippen molar-refractivity contribution in [3.05, 3.63) is 41.6 Å². The van der Waals surface area contributed by atoms with Crippen molar-refractivity contribution in [1.82, 2.24) is 14.2 Å². The molecule has 2 aromatic rings. The Morgan fingerprint density at radius 2 is 1.89 bits per heavy atom. The van der Waals surface area contributed by atoms with Crippen molar-refractivity contribution in [2.75, 3.05) is 33.3 Å². The molecule has 2 aliphatic heterocycles. The van der Waals surface area contributed by atoms with E-state index in [0.717, 1.165) is 42.7 Å². The third kappa shape index (κ3) is 3.24. The second-order valence-corrected chi connectivity index (χ2v) is 9.24. The normalized spacial score (nSPS) is 22.8. The van der Waals surface area contributed by atoms with Crippen LogP contribution in [0.2, 0.25) is 0 Å². The number of nitrogens with zero attached hydrogens (tertiary/aromatic N) is 3. The average molecular weight is 388 g/mol. The number of methoxy groups -OCH3 is 1. The summed E-state index contributed by atoms with van der Waals surface area (Å²) >= 11 is 0. The maximum absolute atomic E-state index is 13.6. The van der Waals surface area contributed by atoms with Crippen LogP contribution in [0.1, 0.15) is 17.5 Å². The van der Waals surface area contributed by atoms with Gasteiger partial charge in [-0.05, 0) is 56.1 Å². The summed E-state index contributed by atoms with van der Waals surface area (Å²) in [4.78, 5) is 6.97. The van der Waals surface area contributed by atoms with Crippen molar-refractivity contribution in [3.8, 4) is 17.0 Å². The molecule has 0 saturated carbocycles. The van der Waals surface area contributed by atoms with Crippen molar-refractivity contribution >= 4 is 10.0 Å². The van der Waals surface area contributed by atoms with Crippen LogP contribution in [0.15, 0.2) is 35.4 Å². The number of aryl methyl sites for hydroxylation is 2. The standard InChI is InChI=1S/C20H25N3O3S/c1-14-10-18(16-4-5-20(26-3)21-12-16)19(11-15(14)2)27(24,25)23-9-8-22-7-6-17(23)13-22/h4-5,10-12,17H,6-9,13H2,1-3H3. The zero-order valence-electron chi connectivity index (χ0n) is 16.0. The van der Waals surface area contributed by atoms with Crippen LogP contribution in [0, 0.1) is 13.8 Å². The first-order valence-corrected chi connectivity index (χ1v) is 10.7. The van der Waals surface area contributed by atoms with Crippen molar-refractivity contribution in [2.45, 2.75) is 31.2 Å². The molecular weight excluding hydrogens is 362 g/mol. The quantitative estimate of drug-likeness (QED) is 0.806. The lowest BCUT2D eigenvalue weighted by molar-refractivity contribution is 0.213. The van der Waals surface area contributed by atoms with E-state index in [-0.39, 0.29) is 6.04 Å². The number of aromatic nitrogens is 1. The Morgan fingerprint density at radius 3 is 2.59 bits per heavy atom.